The summed E-state index contributed by atoms with van der Waals surface area (Å²) in [7, 11) is 3.05. The lowest BCUT2D eigenvalue weighted by Gasteiger charge is -2.25. The minimum Gasteiger partial charge on any atom is -0.377 e. The number of hydrogen-bond donors (Lipinski definition) is 2. The third kappa shape index (κ3) is 5.35. The molecule has 0 amide bonds. The number of guanidine groups is 1. The highest BCUT2D eigenvalue weighted by Crippen LogP contribution is 2.19. The Morgan fingerprint density at radius 2 is 1.97 bits per heavy atom. The monoisotopic (exact) mass is 528 g/mol. The van der Waals surface area contributed by atoms with Crippen molar-refractivity contribution >= 4 is 29.9 Å². The summed E-state index contributed by atoms with van der Waals surface area (Å²) in [5.74, 6) is -4.07. The van der Waals surface area contributed by atoms with Crippen LogP contribution in [0.1, 0.15) is 23.6 Å². The SMILES string of the molecule is CN=C(NCc1c(F)c(F)cc(F)c1F)NC1CCc2nc(COC)nn2C1.I. The van der Waals surface area contributed by atoms with Crippen LogP contribution in [0.3, 0.4) is 0 Å². The number of halogens is 5. The lowest BCUT2D eigenvalue weighted by atomic mass is 10.1. The van der Waals surface area contributed by atoms with Gasteiger partial charge in [-0.25, -0.2) is 27.2 Å². The first-order chi connectivity index (χ1) is 13.4. The van der Waals surface area contributed by atoms with Crippen molar-refractivity contribution in [3.63, 3.8) is 0 Å². The van der Waals surface area contributed by atoms with Crippen LogP contribution in [-0.2, 0) is 30.9 Å². The molecule has 1 unspecified atom stereocenters. The van der Waals surface area contributed by atoms with Gasteiger partial charge in [0.05, 0.1) is 6.54 Å². The lowest BCUT2D eigenvalue weighted by molar-refractivity contribution is 0.177. The summed E-state index contributed by atoms with van der Waals surface area (Å²) in [5.41, 5.74) is -0.730. The van der Waals surface area contributed by atoms with Crippen LogP contribution in [0.5, 0.6) is 0 Å². The van der Waals surface area contributed by atoms with E-state index in [9.17, 15) is 17.6 Å². The molecule has 29 heavy (non-hydrogen) atoms. The van der Waals surface area contributed by atoms with Gasteiger partial charge in [0, 0.05) is 44.8 Å². The van der Waals surface area contributed by atoms with E-state index in [0.29, 0.717) is 25.4 Å². The zero-order valence-electron chi connectivity index (χ0n) is 15.8. The number of benzene rings is 1. The van der Waals surface area contributed by atoms with Crippen molar-refractivity contribution in [1.29, 1.82) is 0 Å². The minimum atomic E-state index is -1.45. The molecule has 0 spiro atoms. The molecule has 160 valence electrons. The number of fused-ring (bicyclic) bond motifs is 1. The molecular weight excluding hydrogens is 507 g/mol. The molecule has 0 bridgehead atoms. The highest BCUT2D eigenvalue weighted by atomic mass is 127. The Hall–Kier alpha value is -1.96. The summed E-state index contributed by atoms with van der Waals surface area (Å²) in [5, 5.41) is 10.1. The number of hydrogen-bond acceptors (Lipinski definition) is 4. The van der Waals surface area contributed by atoms with Crippen molar-refractivity contribution in [3.05, 3.63) is 46.5 Å². The van der Waals surface area contributed by atoms with Crippen molar-refractivity contribution < 1.29 is 22.3 Å². The number of aromatic nitrogens is 3. The van der Waals surface area contributed by atoms with E-state index in [0.717, 1.165) is 12.2 Å². The minimum absolute atomic E-state index is 0. The maximum absolute atomic E-state index is 13.8. The molecule has 12 heteroatoms. The van der Waals surface area contributed by atoms with Crippen molar-refractivity contribution in [2.24, 2.45) is 4.99 Å². The van der Waals surface area contributed by atoms with E-state index in [1.807, 2.05) is 0 Å². The van der Waals surface area contributed by atoms with E-state index in [1.165, 1.54) is 7.05 Å². The molecule has 3 rings (SSSR count). The molecule has 0 saturated heterocycles. The molecule has 0 fully saturated rings. The van der Waals surface area contributed by atoms with E-state index >= 15 is 0 Å². The Bertz CT molecular complexity index is 865. The lowest BCUT2D eigenvalue weighted by Crippen LogP contribution is -2.47. The van der Waals surface area contributed by atoms with Gasteiger partial charge in [-0.05, 0) is 6.42 Å². The maximum atomic E-state index is 13.8. The zero-order chi connectivity index (χ0) is 20.3. The third-order valence-corrected chi connectivity index (χ3v) is 4.38. The van der Waals surface area contributed by atoms with E-state index in [1.54, 1.807) is 11.8 Å². The Morgan fingerprint density at radius 1 is 1.28 bits per heavy atom. The number of nitrogens with zero attached hydrogens (tertiary/aromatic N) is 4. The maximum Gasteiger partial charge on any atom is 0.191 e. The second-order valence-electron chi connectivity index (χ2n) is 6.31. The van der Waals surface area contributed by atoms with Crippen molar-refractivity contribution in [2.45, 2.75) is 38.6 Å². The quantitative estimate of drug-likeness (QED) is 0.205. The Labute approximate surface area is 182 Å². The van der Waals surface area contributed by atoms with Gasteiger partial charge in [-0.1, -0.05) is 0 Å². The van der Waals surface area contributed by atoms with E-state index < -0.39 is 35.4 Å². The number of aliphatic imine (C=N–C) groups is 1. The van der Waals surface area contributed by atoms with Crippen LogP contribution in [0.2, 0.25) is 0 Å². The van der Waals surface area contributed by atoms with Crippen LogP contribution in [0.25, 0.3) is 0 Å². The largest absolute Gasteiger partial charge is 0.377 e. The van der Waals surface area contributed by atoms with Crippen LogP contribution in [0, 0.1) is 23.3 Å². The molecule has 0 radical (unpaired) electrons. The van der Waals surface area contributed by atoms with Crippen LogP contribution in [-0.4, -0.2) is 40.9 Å². The summed E-state index contributed by atoms with van der Waals surface area (Å²) in [4.78, 5) is 8.37. The van der Waals surface area contributed by atoms with Crippen molar-refractivity contribution in [2.75, 3.05) is 14.2 Å². The van der Waals surface area contributed by atoms with Gasteiger partial charge in [-0.3, -0.25) is 4.99 Å². The topological polar surface area (TPSA) is 76.4 Å². The number of ether oxygens (including phenoxy) is 1. The first-order valence-corrected chi connectivity index (χ1v) is 8.63. The first kappa shape index (κ1) is 23.3. The van der Waals surface area contributed by atoms with E-state index in [2.05, 4.69) is 25.7 Å². The first-order valence-electron chi connectivity index (χ1n) is 8.63. The molecule has 0 aliphatic carbocycles. The third-order valence-electron chi connectivity index (χ3n) is 4.38. The van der Waals surface area contributed by atoms with Gasteiger partial charge < -0.3 is 15.4 Å². The zero-order valence-corrected chi connectivity index (χ0v) is 18.1. The van der Waals surface area contributed by atoms with Crippen molar-refractivity contribution in [3.8, 4) is 0 Å². The van der Waals surface area contributed by atoms with Crippen molar-refractivity contribution in [1.82, 2.24) is 25.4 Å². The molecule has 1 aromatic heterocycles. The second-order valence-corrected chi connectivity index (χ2v) is 6.31. The molecule has 7 nitrogen and oxygen atoms in total. The predicted molar refractivity (Wildman–Crippen MR) is 108 cm³/mol. The van der Waals surface area contributed by atoms with Crippen LogP contribution in [0.15, 0.2) is 11.1 Å². The second kappa shape index (κ2) is 10.2. The van der Waals surface area contributed by atoms with Crippen LogP contribution >= 0.6 is 24.0 Å². The standard InChI is InChI=1S/C17H20F4N6O.HI/c1-22-17(23-6-10-15(20)11(18)5-12(19)16(10)21)24-9-3-4-14-25-13(8-28-2)26-27(14)7-9;/h5,9H,3-4,6-8H2,1-2H3,(H2,22,23,24);1H. The molecule has 1 atom stereocenters. The van der Waals surface area contributed by atoms with Gasteiger partial charge in [0.25, 0.3) is 0 Å². The fraction of sp³-hybridized carbons (Fsp3) is 0.471. The number of methoxy groups -OCH3 is 1. The predicted octanol–water partition coefficient (Wildman–Crippen LogP) is 2.28. The van der Waals surface area contributed by atoms with Gasteiger partial charge in [0.15, 0.2) is 35.1 Å². The molecule has 0 saturated carbocycles. The number of aryl methyl sites for hydroxylation is 1. The smallest absolute Gasteiger partial charge is 0.191 e. The normalized spacial score (nSPS) is 16.2. The molecule has 2 heterocycles. The van der Waals surface area contributed by atoms with Crippen LogP contribution < -0.4 is 10.6 Å². The Morgan fingerprint density at radius 3 is 2.59 bits per heavy atom. The number of nitrogens with one attached hydrogen (secondary N) is 2. The average molecular weight is 528 g/mol. The van der Waals surface area contributed by atoms with Crippen LogP contribution in [0.4, 0.5) is 17.6 Å². The van der Waals surface area contributed by atoms with Gasteiger partial charge >= 0.3 is 0 Å². The Balaban J connectivity index is 0.00000300. The molecule has 2 N–H and O–H groups in total. The molecular formula is C17H21F4IN6O. The summed E-state index contributed by atoms with van der Waals surface area (Å²) in [6.45, 7) is 0.373. The van der Waals surface area contributed by atoms with Gasteiger partial charge in [0.1, 0.15) is 12.4 Å². The fourth-order valence-corrected chi connectivity index (χ4v) is 3.01. The fourth-order valence-electron chi connectivity index (χ4n) is 3.01. The van der Waals surface area contributed by atoms with Gasteiger partial charge in [0.2, 0.25) is 0 Å². The summed E-state index contributed by atoms with van der Waals surface area (Å²) in [6.07, 6.45) is 1.42. The molecule has 2 aromatic rings. The van der Waals surface area contributed by atoms with E-state index in [-0.39, 0.29) is 42.0 Å². The number of rotatable bonds is 5. The summed E-state index contributed by atoms with van der Waals surface area (Å²) < 4.78 is 61.0. The van der Waals surface area contributed by atoms with Gasteiger partial charge in [-0.15, -0.1) is 24.0 Å². The Kier molecular flexibility index (Phi) is 8.19. The molecule has 1 aromatic carbocycles. The average Bonchev–Trinajstić information content (AvgIpc) is 3.07. The summed E-state index contributed by atoms with van der Waals surface area (Å²) in [6, 6.07) is 0.117. The highest BCUT2D eigenvalue weighted by molar-refractivity contribution is 14.0. The molecule has 1 aliphatic heterocycles. The summed E-state index contributed by atoms with van der Waals surface area (Å²) >= 11 is 0. The van der Waals surface area contributed by atoms with E-state index in [4.69, 9.17) is 4.74 Å². The highest BCUT2D eigenvalue weighted by Gasteiger charge is 2.23. The van der Waals surface area contributed by atoms with Gasteiger partial charge in [-0.2, -0.15) is 5.10 Å². The molecule has 1 aliphatic rings.